The molecule has 2 aromatic heterocycles. The summed E-state index contributed by atoms with van der Waals surface area (Å²) in [6, 6.07) is 7.74. The third-order valence-electron chi connectivity index (χ3n) is 2.40. The largest absolute Gasteiger partial charge is 0.368 e. The molecule has 18 heavy (non-hydrogen) atoms. The van der Waals surface area contributed by atoms with Gasteiger partial charge in [0.25, 0.3) is 0 Å². The van der Waals surface area contributed by atoms with Gasteiger partial charge in [-0.1, -0.05) is 15.9 Å². The van der Waals surface area contributed by atoms with Gasteiger partial charge in [0.2, 0.25) is 5.95 Å². The predicted octanol–water partition coefficient (Wildman–Crippen LogP) is 2.44. The predicted molar refractivity (Wildman–Crippen MR) is 73.5 cm³/mol. The summed E-state index contributed by atoms with van der Waals surface area (Å²) in [5, 5.41) is 3.17. The minimum absolute atomic E-state index is 0.200. The fourth-order valence-corrected chi connectivity index (χ4v) is 1.87. The van der Waals surface area contributed by atoms with Gasteiger partial charge in [-0.15, -0.1) is 0 Å². The third kappa shape index (κ3) is 2.00. The van der Waals surface area contributed by atoms with Gasteiger partial charge in [0.15, 0.2) is 17.0 Å². The van der Waals surface area contributed by atoms with Crippen LogP contribution in [0.1, 0.15) is 0 Å². The number of nitrogen functional groups attached to an aromatic ring is 1. The zero-order valence-electron chi connectivity index (χ0n) is 9.18. The number of anilines is 3. The SMILES string of the molecule is Nc1nc(Nc2ccc(Br)cc2)c2nc[nH]c2n1. The Morgan fingerprint density at radius 2 is 1.94 bits per heavy atom. The number of benzene rings is 1. The number of aromatic nitrogens is 4. The average molecular weight is 305 g/mol. The first-order valence-corrected chi connectivity index (χ1v) is 6.01. The molecule has 0 saturated heterocycles. The number of imidazole rings is 1. The Bertz CT molecular complexity index is 690. The van der Waals surface area contributed by atoms with E-state index in [0.717, 1.165) is 10.2 Å². The number of fused-ring (bicyclic) bond motifs is 1. The molecule has 0 bridgehead atoms. The van der Waals surface area contributed by atoms with E-state index in [4.69, 9.17) is 5.73 Å². The lowest BCUT2D eigenvalue weighted by atomic mass is 10.3. The Balaban J connectivity index is 2.03. The average Bonchev–Trinajstić information content (AvgIpc) is 2.80. The van der Waals surface area contributed by atoms with Crippen LogP contribution in [-0.4, -0.2) is 19.9 Å². The van der Waals surface area contributed by atoms with E-state index in [0.29, 0.717) is 17.0 Å². The molecule has 2 heterocycles. The van der Waals surface area contributed by atoms with E-state index in [1.807, 2.05) is 24.3 Å². The van der Waals surface area contributed by atoms with E-state index in [-0.39, 0.29) is 5.95 Å². The van der Waals surface area contributed by atoms with Crippen molar-refractivity contribution < 1.29 is 0 Å². The van der Waals surface area contributed by atoms with Gasteiger partial charge < -0.3 is 16.0 Å². The summed E-state index contributed by atoms with van der Waals surface area (Å²) in [6.07, 6.45) is 1.56. The maximum atomic E-state index is 5.64. The van der Waals surface area contributed by atoms with E-state index in [2.05, 4.69) is 41.2 Å². The molecule has 90 valence electrons. The van der Waals surface area contributed by atoms with E-state index >= 15 is 0 Å². The lowest BCUT2D eigenvalue weighted by Gasteiger charge is -2.06. The van der Waals surface area contributed by atoms with Crippen molar-refractivity contribution >= 4 is 44.5 Å². The molecule has 3 aromatic rings. The van der Waals surface area contributed by atoms with Crippen molar-refractivity contribution in [3.8, 4) is 0 Å². The number of nitrogens with zero attached hydrogens (tertiary/aromatic N) is 3. The second-order valence-corrected chi connectivity index (χ2v) is 4.58. The van der Waals surface area contributed by atoms with Crippen LogP contribution < -0.4 is 11.1 Å². The molecule has 0 radical (unpaired) electrons. The van der Waals surface area contributed by atoms with Gasteiger partial charge in [-0.25, -0.2) is 4.98 Å². The summed E-state index contributed by atoms with van der Waals surface area (Å²) in [5.41, 5.74) is 7.82. The number of H-pyrrole nitrogens is 1. The number of hydrogen-bond acceptors (Lipinski definition) is 5. The van der Waals surface area contributed by atoms with Crippen molar-refractivity contribution in [2.45, 2.75) is 0 Å². The first kappa shape index (κ1) is 11.0. The van der Waals surface area contributed by atoms with Crippen LogP contribution in [0.25, 0.3) is 11.2 Å². The maximum absolute atomic E-state index is 5.64. The molecule has 0 spiro atoms. The minimum Gasteiger partial charge on any atom is -0.368 e. The quantitative estimate of drug-likeness (QED) is 0.676. The van der Waals surface area contributed by atoms with Crippen LogP contribution in [0, 0.1) is 0 Å². The normalized spacial score (nSPS) is 10.7. The third-order valence-corrected chi connectivity index (χ3v) is 2.93. The monoisotopic (exact) mass is 304 g/mol. The van der Waals surface area contributed by atoms with Gasteiger partial charge in [-0.05, 0) is 24.3 Å². The Morgan fingerprint density at radius 1 is 1.17 bits per heavy atom. The topological polar surface area (TPSA) is 92.5 Å². The summed E-state index contributed by atoms with van der Waals surface area (Å²) >= 11 is 3.39. The molecule has 0 atom stereocenters. The Hall–Kier alpha value is -2.15. The minimum atomic E-state index is 0.200. The number of rotatable bonds is 2. The molecule has 1 aromatic carbocycles. The van der Waals surface area contributed by atoms with Crippen molar-refractivity contribution in [3.05, 3.63) is 35.1 Å². The highest BCUT2D eigenvalue weighted by molar-refractivity contribution is 9.10. The second kappa shape index (κ2) is 4.26. The molecule has 0 amide bonds. The van der Waals surface area contributed by atoms with E-state index < -0.39 is 0 Å². The number of nitrogens with one attached hydrogen (secondary N) is 2. The van der Waals surface area contributed by atoms with Crippen LogP contribution in [-0.2, 0) is 0 Å². The van der Waals surface area contributed by atoms with Crippen molar-refractivity contribution in [1.29, 1.82) is 0 Å². The highest BCUT2D eigenvalue weighted by Crippen LogP contribution is 2.23. The van der Waals surface area contributed by atoms with Crippen LogP contribution >= 0.6 is 15.9 Å². The van der Waals surface area contributed by atoms with Crippen molar-refractivity contribution in [2.24, 2.45) is 0 Å². The highest BCUT2D eigenvalue weighted by Gasteiger charge is 2.08. The molecular weight excluding hydrogens is 296 g/mol. The lowest BCUT2D eigenvalue weighted by Crippen LogP contribution is -2.01. The standard InChI is InChI=1S/C11H9BrN6/c12-6-1-3-7(4-2-6)16-10-8-9(15-5-14-8)17-11(13)18-10/h1-5H,(H4,13,14,15,16,17,18). The molecule has 7 heteroatoms. The molecule has 0 aliphatic carbocycles. The molecule has 4 N–H and O–H groups in total. The molecule has 0 aliphatic heterocycles. The van der Waals surface area contributed by atoms with Crippen molar-refractivity contribution in [2.75, 3.05) is 11.1 Å². The van der Waals surface area contributed by atoms with E-state index in [9.17, 15) is 0 Å². The molecule has 0 aliphatic rings. The number of halogens is 1. The van der Waals surface area contributed by atoms with Gasteiger partial charge in [0.05, 0.1) is 6.33 Å². The van der Waals surface area contributed by atoms with E-state index in [1.165, 1.54) is 0 Å². The summed E-state index contributed by atoms with van der Waals surface area (Å²) in [5.74, 6) is 0.785. The van der Waals surface area contributed by atoms with Crippen molar-refractivity contribution in [1.82, 2.24) is 19.9 Å². The van der Waals surface area contributed by atoms with Gasteiger partial charge in [0, 0.05) is 10.2 Å². The van der Waals surface area contributed by atoms with Gasteiger partial charge in [-0.3, -0.25) is 0 Å². The lowest BCUT2D eigenvalue weighted by molar-refractivity contribution is 1.21. The molecular formula is C11H9BrN6. The van der Waals surface area contributed by atoms with Gasteiger partial charge >= 0.3 is 0 Å². The first-order valence-electron chi connectivity index (χ1n) is 5.21. The molecule has 0 saturated carbocycles. The second-order valence-electron chi connectivity index (χ2n) is 3.66. The molecule has 0 fully saturated rings. The van der Waals surface area contributed by atoms with E-state index in [1.54, 1.807) is 6.33 Å². The van der Waals surface area contributed by atoms with Crippen molar-refractivity contribution in [3.63, 3.8) is 0 Å². The zero-order valence-corrected chi connectivity index (χ0v) is 10.8. The Kier molecular flexibility index (Phi) is 2.60. The Labute approximate surface area is 111 Å². The molecule has 6 nitrogen and oxygen atoms in total. The zero-order chi connectivity index (χ0) is 12.5. The fraction of sp³-hybridized carbons (Fsp3) is 0. The van der Waals surface area contributed by atoms with Gasteiger partial charge in [0.1, 0.15) is 0 Å². The molecule has 3 rings (SSSR count). The number of aromatic amines is 1. The Morgan fingerprint density at radius 3 is 2.72 bits per heavy atom. The van der Waals surface area contributed by atoms with Gasteiger partial charge in [-0.2, -0.15) is 9.97 Å². The summed E-state index contributed by atoms with van der Waals surface area (Å²) in [4.78, 5) is 15.3. The fourth-order valence-electron chi connectivity index (χ4n) is 1.61. The van der Waals surface area contributed by atoms with Crippen LogP contribution in [0.4, 0.5) is 17.5 Å². The molecule has 0 unspecified atom stereocenters. The van der Waals surface area contributed by atoms with Crippen LogP contribution in [0.15, 0.2) is 35.1 Å². The first-order chi connectivity index (χ1) is 8.72. The van der Waals surface area contributed by atoms with Crippen LogP contribution in [0.3, 0.4) is 0 Å². The smallest absolute Gasteiger partial charge is 0.224 e. The number of hydrogen-bond donors (Lipinski definition) is 3. The summed E-state index contributed by atoms with van der Waals surface area (Å²) in [6.45, 7) is 0. The number of nitrogens with two attached hydrogens (primary N) is 1. The van der Waals surface area contributed by atoms with Crippen LogP contribution in [0.2, 0.25) is 0 Å². The summed E-state index contributed by atoms with van der Waals surface area (Å²) in [7, 11) is 0. The van der Waals surface area contributed by atoms with Crippen LogP contribution in [0.5, 0.6) is 0 Å². The maximum Gasteiger partial charge on any atom is 0.224 e. The highest BCUT2D eigenvalue weighted by atomic mass is 79.9. The summed E-state index contributed by atoms with van der Waals surface area (Å²) < 4.78 is 1.01.